The van der Waals surface area contributed by atoms with Crippen LogP contribution in [0.25, 0.3) is 10.9 Å². The molecule has 3 rings (SSSR count). The minimum absolute atomic E-state index is 0.113. The fraction of sp³-hybridized carbons (Fsp3) is 0.111. The van der Waals surface area contributed by atoms with Gasteiger partial charge in [0.1, 0.15) is 5.75 Å². The number of hydrogen-bond donors (Lipinski definition) is 2. The molecule has 10 heteroatoms. The molecule has 0 aliphatic carbocycles. The van der Waals surface area contributed by atoms with Crippen LogP contribution in [0.1, 0.15) is 11.4 Å². The van der Waals surface area contributed by atoms with E-state index < -0.39 is 24.6 Å². The normalized spacial score (nSPS) is 11.7. The summed E-state index contributed by atoms with van der Waals surface area (Å²) < 4.78 is 44.2. The molecule has 3 aromatic rings. The third-order valence-electron chi connectivity index (χ3n) is 3.50. The number of fused-ring (bicyclic) bond motifs is 1. The van der Waals surface area contributed by atoms with E-state index in [0.29, 0.717) is 10.9 Å². The van der Waals surface area contributed by atoms with Gasteiger partial charge in [-0.2, -0.15) is 18.3 Å². The number of aromatic nitrogens is 2. The molecule has 0 radical (unpaired) electrons. The number of hydrogen-bond acceptors (Lipinski definition) is 6. The molecule has 0 spiro atoms. The number of ether oxygens (including phenoxy) is 1. The third kappa shape index (κ3) is 4.53. The van der Waals surface area contributed by atoms with E-state index in [2.05, 4.69) is 20.5 Å². The highest BCUT2D eigenvalue weighted by molar-refractivity contribution is 5.90. The Morgan fingerprint density at radius 2 is 1.86 bits per heavy atom. The van der Waals surface area contributed by atoms with Crippen molar-refractivity contribution in [2.24, 2.45) is 5.10 Å². The maximum Gasteiger partial charge on any atom is 0.451 e. The number of nitrogens with one attached hydrogen (secondary N) is 1. The average molecular weight is 390 g/mol. The Labute approximate surface area is 156 Å². The maximum absolute atomic E-state index is 13.0. The second-order valence-electron chi connectivity index (χ2n) is 5.50. The van der Waals surface area contributed by atoms with Gasteiger partial charge in [0.25, 0.3) is 0 Å². The average Bonchev–Trinajstić information content (AvgIpc) is 2.66. The Hall–Kier alpha value is -3.69. The summed E-state index contributed by atoms with van der Waals surface area (Å²) in [6.07, 6.45) is -3.41. The predicted octanol–water partition coefficient (Wildman–Crippen LogP) is 3.56. The zero-order valence-corrected chi connectivity index (χ0v) is 14.1. The number of benzene rings is 2. The number of para-hydroxylation sites is 2. The number of carboxylic acid groups (broad SMARTS) is 1. The first-order chi connectivity index (χ1) is 13.3. The van der Waals surface area contributed by atoms with Gasteiger partial charge in [-0.1, -0.05) is 24.3 Å². The Morgan fingerprint density at radius 3 is 2.61 bits per heavy atom. The SMILES string of the molecule is O=C(O)COc1ccccc1/C=N\Nc1nc(C(F)(F)F)nc2ccccc12. The summed E-state index contributed by atoms with van der Waals surface area (Å²) in [6.45, 7) is -0.538. The zero-order chi connectivity index (χ0) is 20.1. The molecule has 0 aliphatic rings. The molecule has 0 bridgehead atoms. The van der Waals surface area contributed by atoms with Crippen LogP contribution in [-0.2, 0) is 11.0 Å². The van der Waals surface area contributed by atoms with Crippen molar-refractivity contribution in [3.63, 3.8) is 0 Å². The number of carbonyl (C=O) groups is 1. The molecule has 0 atom stereocenters. The number of aliphatic carboxylic acids is 1. The fourth-order valence-electron chi connectivity index (χ4n) is 2.31. The monoisotopic (exact) mass is 390 g/mol. The smallest absolute Gasteiger partial charge is 0.451 e. The lowest BCUT2D eigenvalue weighted by atomic mass is 10.2. The zero-order valence-electron chi connectivity index (χ0n) is 14.1. The van der Waals surface area contributed by atoms with Gasteiger partial charge in [0.05, 0.1) is 11.7 Å². The molecule has 0 saturated carbocycles. The van der Waals surface area contributed by atoms with Gasteiger partial charge in [0, 0.05) is 10.9 Å². The summed E-state index contributed by atoms with van der Waals surface area (Å²) in [4.78, 5) is 17.7. The van der Waals surface area contributed by atoms with Crippen LogP contribution in [0.15, 0.2) is 53.6 Å². The van der Waals surface area contributed by atoms with Crippen LogP contribution in [0.4, 0.5) is 19.0 Å². The number of nitrogens with zero attached hydrogens (tertiary/aromatic N) is 3. The summed E-state index contributed by atoms with van der Waals surface area (Å²) >= 11 is 0. The summed E-state index contributed by atoms with van der Waals surface area (Å²) in [5, 5.41) is 13.0. The largest absolute Gasteiger partial charge is 0.481 e. The molecular weight excluding hydrogens is 377 g/mol. The van der Waals surface area contributed by atoms with Crippen molar-refractivity contribution in [2.75, 3.05) is 12.0 Å². The molecule has 144 valence electrons. The van der Waals surface area contributed by atoms with Crippen LogP contribution in [0, 0.1) is 0 Å². The van der Waals surface area contributed by atoms with Gasteiger partial charge in [-0.25, -0.2) is 14.8 Å². The Bertz CT molecular complexity index is 1040. The van der Waals surface area contributed by atoms with Crippen LogP contribution in [-0.4, -0.2) is 33.9 Å². The van der Waals surface area contributed by atoms with Gasteiger partial charge in [-0.05, 0) is 24.3 Å². The topological polar surface area (TPSA) is 96.7 Å². The van der Waals surface area contributed by atoms with E-state index in [9.17, 15) is 18.0 Å². The van der Waals surface area contributed by atoms with Crippen molar-refractivity contribution in [1.29, 1.82) is 0 Å². The number of hydrazone groups is 1. The summed E-state index contributed by atoms with van der Waals surface area (Å²) in [6, 6.07) is 12.7. The standard InChI is InChI=1S/C18H13F3N4O3/c19-18(20,21)17-23-13-7-3-2-6-12(13)16(24-17)25-22-9-11-5-1-4-8-14(11)28-10-15(26)27/h1-9H,10H2,(H,26,27)(H,23,24,25)/b22-9-. The van der Waals surface area contributed by atoms with E-state index in [4.69, 9.17) is 9.84 Å². The van der Waals surface area contributed by atoms with E-state index >= 15 is 0 Å². The first-order valence-electron chi connectivity index (χ1n) is 7.91. The number of anilines is 1. The molecule has 28 heavy (non-hydrogen) atoms. The van der Waals surface area contributed by atoms with Crippen molar-refractivity contribution in [3.8, 4) is 5.75 Å². The Morgan fingerprint density at radius 1 is 1.14 bits per heavy atom. The molecule has 0 saturated heterocycles. The van der Waals surface area contributed by atoms with Crippen LogP contribution in [0.5, 0.6) is 5.75 Å². The van der Waals surface area contributed by atoms with Crippen LogP contribution in [0.3, 0.4) is 0 Å². The van der Waals surface area contributed by atoms with E-state index in [-0.39, 0.29) is 17.1 Å². The number of alkyl halides is 3. The lowest BCUT2D eigenvalue weighted by molar-refractivity contribution is -0.144. The lowest BCUT2D eigenvalue weighted by Crippen LogP contribution is -2.12. The molecule has 1 aromatic heterocycles. The van der Waals surface area contributed by atoms with Crippen molar-refractivity contribution in [3.05, 3.63) is 59.9 Å². The molecule has 0 unspecified atom stereocenters. The molecule has 0 aliphatic heterocycles. The van der Waals surface area contributed by atoms with E-state index in [1.807, 2.05) is 0 Å². The van der Waals surface area contributed by atoms with E-state index in [0.717, 1.165) is 0 Å². The summed E-state index contributed by atoms with van der Waals surface area (Å²) in [5.41, 5.74) is 3.04. The molecule has 0 fully saturated rings. The Kier molecular flexibility index (Phi) is 5.39. The van der Waals surface area contributed by atoms with Crippen molar-refractivity contribution >= 4 is 28.9 Å². The lowest BCUT2D eigenvalue weighted by Gasteiger charge is -2.10. The van der Waals surface area contributed by atoms with Crippen LogP contribution in [0.2, 0.25) is 0 Å². The Balaban J connectivity index is 1.89. The van der Waals surface area contributed by atoms with Gasteiger partial charge in [0.2, 0.25) is 5.82 Å². The molecule has 2 aromatic carbocycles. The second kappa shape index (κ2) is 7.91. The van der Waals surface area contributed by atoms with Crippen LogP contribution < -0.4 is 10.2 Å². The highest BCUT2D eigenvalue weighted by atomic mass is 19.4. The number of rotatable bonds is 6. The van der Waals surface area contributed by atoms with Gasteiger partial charge in [0.15, 0.2) is 12.4 Å². The van der Waals surface area contributed by atoms with Gasteiger partial charge >= 0.3 is 12.1 Å². The first kappa shape index (κ1) is 19.1. The fourth-order valence-corrected chi connectivity index (χ4v) is 2.31. The minimum Gasteiger partial charge on any atom is -0.481 e. The van der Waals surface area contributed by atoms with Gasteiger partial charge < -0.3 is 9.84 Å². The highest BCUT2D eigenvalue weighted by Crippen LogP contribution is 2.30. The van der Waals surface area contributed by atoms with E-state index in [1.165, 1.54) is 12.3 Å². The van der Waals surface area contributed by atoms with Crippen molar-refractivity contribution in [2.45, 2.75) is 6.18 Å². The van der Waals surface area contributed by atoms with Crippen molar-refractivity contribution in [1.82, 2.24) is 9.97 Å². The van der Waals surface area contributed by atoms with E-state index in [1.54, 1.807) is 42.5 Å². The summed E-state index contributed by atoms with van der Waals surface area (Å²) in [5.74, 6) is -2.27. The van der Waals surface area contributed by atoms with Gasteiger partial charge in [-0.15, -0.1) is 0 Å². The second-order valence-corrected chi connectivity index (χ2v) is 5.50. The molecular formula is C18H13F3N4O3. The highest BCUT2D eigenvalue weighted by Gasteiger charge is 2.35. The third-order valence-corrected chi connectivity index (χ3v) is 3.50. The molecule has 0 amide bonds. The van der Waals surface area contributed by atoms with Gasteiger partial charge in [-0.3, -0.25) is 5.43 Å². The number of carboxylic acids is 1. The molecule has 2 N–H and O–H groups in total. The first-order valence-corrected chi connectivity index (χ1v) is 7.91. The molecule has 7 nitrogen and oxygen atoms in total. The van der Waals surface area contributed by atoms with Crippen LogP contribution >= 0.6 is 0 Å². The minimum atomic E-state index is -4.71. The predicted molar refractivity (Wildman–Crippen MR) is 95.3 cm³/mol. The summed E-state index contributed by atoms with van der Waals surface area (Å²) in [7, 11) is 0. The molecule has 1 heterocycles. The quantitative estimate of drug-likeness (QED) is 0.494. The van der Waals surface area contributed by atoms with Crippen molar-refractivity contribution < 1.29 is 27.8 Å². The maximum atomic E-state index is 13.0. The number of halogens is 3.